The van der Waals surface area contributed by atoms with Crippen molar-refractivity contribution in [3.05, 3.63) is 24.3 Å². The second-order valence-corrected chi connectivity index (χ2v) is 8.82. The maximum Gasteiger partial charge on any atom is 2.00 e. The average molecular weight is 337 g/mol. The molecule has 0 atom stereocenters. The van der Waals surface area contributed by atoms with Crippen LogP contribution in [0.2, 0.25) is 0 Å². The molecule has 1 aliphatic rings. The molecule has 0 bridgehead atoms. The minimum Gasteiger partial charge on any atom is -1.00 e. The van der Waals surface area contributed by atoms with Crippen LogP contribution in [0, 0.1) is 6.08 Å². The Morgan fingerprint density at radius 2 is 1.44 bits per heavy atom. The maximum absolute atomic E-state index is 2.99. The van der Waals surface area contributed by atoms with Gasteiger partial charge in [-0.05, 0) is 39.0 Å². The molecule has 0 aromatic rings. The van der Waals surface area contributed by atoms with E-state index in [2.05, 4.69) is 38.8 Å². The van der Waals surface area contributed by atoms with Gasteiger partial charge >= 0.3 is 18.6 Å². The van der Waals surface area contributed by atoms with Crippen molar-refractivity contribution in [2.45, 2.75) is 6.42 Å². The summed E-state index contributed by atoms with van der Waals surface area (Å²) < 4.78 is 0. The van der Waals surface area contributed by atoms with Crippen LogP contribution in [-0.4, -0.2) is 39.0 Å². The summed E-state index contributed by atoms with van der Waals surface area (Å²) in [6.07, 6.45) is 13.0. The minimum absolute atomic E-state index is 0. The molecule has 0 unspecified atom stereocenters. The zero-order chi connectivity index (χ0) is 10.1. The van der Waals surface area contributed by atoms with Crippen molar-refractivity contribution >= 4 is 15.8 Å². The zero-order valence-corrected chi connectivity index (χ0v) is 15.1. The first-order chi connectivity index (χ1) is 6.13. The van der Waals surface area contributed by atoms with Crippen molar-refractivity contribution in [1.82, 2.24) is 0 Å². The molecule has 0 nitrogen and oxygen atoms in total. The van der Waals surface area contributed by atoms with E-state index in [1.165, 1.54) is 12.3 Å². The van der Waals surface area contributed by atoms with Crippen molar-refractivity contribution in [2.24, 2.45) is 0 Å². The van der Waals surface area contributed by atoms with E-state index < -0.39 is 0 Å². The van der Waals surface area contributed by atoms with Crippen molar-refractivity contribution in [2.75, 3.05) is 39.0 Å². The number of rotatable bonds is 3. The average Bonchev–Trinajstić information content (AvgIpc) is 2.57. The number of halogens is 2. The maximum atomic E-state index is 2.99. The summed E-state index contributed by atoms with van der Waals surface area (Å²) in [6, 6.07) is 0. The summed E-state index contributed by atoms with van der Waals surface area (Å²) in [5.74, 6) is 0. The smallest absolute Gasteiger partial charge is 1.00 e. The molecule has 95 valence electrons. The van der Waals surface area contributed by atoms with Crippen LogP contribution >= 0.6 is 15.8 Å². The summed E-state index contributed by atoms with van der Waals surface area (Å²) in [7, 11) is 0.766. The third-order valence-corrected chi connectivity index (χ3v) is 4.17. The van der Waals surface area contributed by atoms with Gasteiger partial charge in [0.15, 0.2) is 0 Å². The van der Waals surface area contributed by atoms with Gasteiger partial charge in [-0.3, -0.25) is 6.08 Å². The van der Waals surface area contributed by atoms with E-state index in [1.54, 1.807) is 0 Å². The quantitative estimate of drug-likeness (QED) is 0.405. The van der Waals surface area contributed by atoms with E-state index >= 15 is 0 Å². The van der Waals surface area contributed by atoms with Crippen LogP contribution in [0.15, 0.2) is 18.2 Å². The SMILES string of the molecule is CP(C)CCP(C)C.[C-]1=CC=CC1.[Cl-].[Cl-].[V+2]. The molecule has 1 aliphatic carbocycles. The Hall–Kier alpha value is 1.50. The van der Waals surface area contributed by atoms with Gasteiger partial charge in [0.05, 0.1) is 0 Å². The predicted molar refractivity (Wildman–Crippen MR) is 68.8 cm³/mol. The molecular weight excluding hydrogens is 316 g/mol. The van der Waals surface area contributed by atoms with Crippen LogP contribution in [0.3, 0.4) is 0 Å². The van der Waals surface area contributed by atoms with E-state index in [4.69, 9.17) is 0 Å². The first kappa shape index (κ1) is 26.1. The second kappa shape index (κ2) is 18.9. The Labute approximate surface area is 128 Å². The third kappa shape index (κ3) is 24.6. The van der Waals surface area contributed by atoms with E-state index in [0.717, 1.165) is 6.42 Å². The molecule has 0 spiro atoms. The van der Waals surface area contributed by atoms with Crippen LogP contribution < -0.4 is 24.8 Å². The number of hydrogen-bond acceptors (Lipinski definition) is 0. The van der Waals surface area contributed by atoms with E-state index in [1.807, 2.05) is 12.2 Å². The summed E-state index contributed by atoms with van der Waals surface area (Å²) >= 11 is 0. The van der Waals surface area contributed by atoms with Crippen molar-refractivity contribution < 1.29 is 43.4 Å². The van der Waals surface area contributed by atoms with Gasteiger partial charge in [0.25, 0.3) is 0 Å². The van der Waals surface area contributed by atoms with Crippen LogP contribution in [0.1, 0.15) is 6.42 Å². The fourth-order valence-corrected chi connectivity index (χ4v) is 3.94. The van der Waals surface area contributed by atoms with Gasteiger partial charge in [0.2, 0.25) is 0 Å². The molecule has 0 saturated carbocycles. The van der Waals surface area contributed by atoms with Crippen molar-refractivity contribution in [3.8, 4) is 0 Å². The monoisotopic (exact) mass is 336 g/mol. The van der Waals surface area contributed by atoms with Crippen LogP contribution in [0.5, 0.6) is 0 Å². The molecule has 0 heterocycles. The Morgan fingerprint density at radius 3 is 1.56 bits per heavy atom. The predicted octanol–water partition coefficient (Wildman–Crippen LogP) is -2.22. The van der Waals surface area contributed by atoms with Crippen LogP contribution in [-0.2, 0) is 18.6 Å². The van der Waals surface area contributed by atoms with Crippen LogP contribution in [0.25, 0.3) is 0 Å². The normalized spacial score (nSPS) is 11.1. The van der Waals surface area contributed by atoms with Gasteiger partial charge in [0.1, 0.15) is 0 Å². The zero-order valence-electron chi connectivity index (χ0n) is 10.5. The van der Waals surface area contributed by atoms with Crippen LogP contribution in [0.4, 0.5) is 0 Å². The standard InChI is InChI=1S/C6H16P2.C5H5.2ClH.V/c1-7(2)5-6-8(3)4;1-2-4-5-3-1;;;/h5-6H2,1-4H3;1-3H,4H2;2*1H;/q;-1;;;+2/p-2. The summed E-state index contributed by atoms with van der Waals surface area (Å²) in [6.45, 7) is 9.42. The molecule has 0 N–H and O–H groups in total. The molecule has 0 amide bonds. The molecule has 5 heteroatoms. The topological polar surface area (TPSA) is 0 Å². The molecular formula is C11H21Cl2P2V-. The van der Waals surface area contributed by atoms with Gasteiger partial charge in [-0.1, -0.05) is 0 Å². The van der Waals surface area contributed by atoms with Gasteiger partial charge in [-0.25, -0.2) is 12.2 Å². The van der Waals surface area contributed by atoms with Gasteiger partial charge in [0, 0.05) is 0 Å². The van der Waals surface area contributed by atoms with Gasteiger partial charge < -0.3 is 24.8 Å². The third-order valence-electron chi connectivity index (χ3n) is 1.58. The molecule has 1 radical (unpaired) electrons. The fraction of sp³-hybridized carbons (Fsp3) is 0.636. The van der Waals surface area contributed by atoms with Gasteiger partial charge in [-0.2, -0.15) is 6.08 Å². The summed E-state index contributed by atoms with van der Waals surface area (Å²) in [5, 5.41) is 0. The Morgan fingerprint density at radius 1 is 1.00 bits per heavy atom. The van der Waals surface area contributed by atoms with E-state index in [9.17, 15) is 0 Å². The summed E-state index contributed by atoms with van der Waals surface area (Å²) in [4.78, 5) is 0. The Kier molecular flexibility index (Phi) is 30.8. The largest absolute Gasteiger partial charge is 2.00 e. The Balaban J connectivity index is -0.0000000798. The minimum atomic E-state index is 0. The fourth-order valence-electron chi connectivity index (χ4n) is 0.740. The molecule has 0 saturated heterocycles. The number of hydrogen-bond donors (Lipinski definition) is 0. The molecule has 16 heavy (non-hydrogen) atoms. The summed E-state index contributed by atoms with van der Waals surface area (Å²) in [5.41, 5.74) is 0. The van der Waals surface area contributed by atoms with Gasteiger partial charge in [-0.15, -0.1) is 22.3 Å². The van der Waals surface area contributed by atoms with E-state index in [-0.39, 0.29) is 43.4 Å². The number of allylic oxidation sites excluding steroid dienone is 4. The van der Waals surface area contributed by atoms with Crippen molar-refractivity contribution in [3.63, 3.8) is 0 Å². The molecule has 0 fully saturated rings. The second-order valence-electron chi connectivity index (χ2n) is 3.61. The molecule has 1 rings (SSSR count). The first-order valence-electron chi connectivity index (χ1n) is 4.64. The van der Waals surface area contributed by atoms with Crippen molar-refractivity contribution in [1.29, 1.82) is 0 Å². The van der Waals surface area contributed by atoms with E-state index in [0.29, 0.717) is 15.8 Å². The molecule has 0 aliphatic heterocycles. The Bertz CT molecular complexity index is 153. The molecule has 0 aromatic heterocycles. The molecule has 0 aromatic carbocycles. The first-order valence-corrected chi connectivity index (χ1v) is 9.48.